The van der Waals surface area contributed by atoms with Crippen molar-refractivity contribution < 1.29 is 13.2 Å². The number of hydrogen-bond donors (Lipinski definition) is 0. The van der Waals surface area contributed by atoms with Gasteiger partial charge in [-0.05, 0) is 23.3 Å². The molecule has 0 unspecified atom stereocenters. The van der Waals surface area contributed by atoms with Crippen molar-refractivity contribution in [3.8, 4) is 0 Å². The van der Waals surface area contributed by atoms with Crippen molar-refractivity contribution in [1.29, 1.82) is 0 Å². The Morgan fingerprint density at radius 1 is 1.00 bits per heavy atom. The van der Waals surface area contributed by atoms with Gasteiger partial charge >= 0.3 is 6.18 Å². The topological polar surface area (TPSA) is 3.24 Å². The second-order valence-electron chi connectivity index (χ2n) is 4.82. The average Bonchev–Trinajstić information content (AvgIpc) is 2.46. The molecule has 0 N–H and O–H groups in total. The van der Waals surface area contributed by atoms with Crippen molar-refractivity contribution in [2.75, 3.05) is 11.9 Å². The molecule has 0 bridgehead atoms. The largest absolute Gasteiger partial charge is 0.418 e. The van der Waals surface area contributed by atoms with Gasteiger partial charge in [0.15, 0.2) is 0 Å². The van der Waals surface area contributed by atoms with Crippen molar-refractivity contribution in [1.82, 2.24) is 0 Å². The highest BCUT2D eigenvalue weighted by Crippen LogP contribution is 2.37. The van der Waals surface area contributed by atoms with Crippen LogP contribution in [0.3, 0.4) is 0 Å². The molecule has 2 aromatic rings. The van der Waals surface area contributed by atoms with Gasteiger partial charge in [0.2, 0.25) is 0 Å². The van der Waals surface area contributed by atoms with Crippen LogP contribution in [-0.2, 0) is 18.1 Å². The number of halogens is 4. The summed E-state index contributed by atoms with van der Waals surface area (Å²) < 4.78 is 39.7. The van der Waals surface area contributed by atoms with E-state index in [1.807, 2.05) is 30.3 Å². The predicted molar refractivity (Wildman–Crippen MR) is 82.6 cm³/mol. The van der Waals surface area contributed by atoms with E-state index in [0.29, 0.717) is 17.4 Å². The molecule has 0 spiro atoms. The molecule has 21 heavy (non-hydrogen) atoms. The van der Waals surface area contributed by atoms with Gasteiger partial charge in [-0.25, -0.2) is 0 Å². The zero-order chi connectivity index (χ0) is 15.5. The Labute approximate surface area is 130 Å². The van der Waals surface area contributed by atoms with E-state index in [0.717, 1.165) is 5.56 Å². The van der Waals surface area contributed by atoms with Crippen molar-refractivity contribution in [3.05, 3.63) is 65.2 Å². The Balaban J connectivity index is 2.34. The maximum Gasteiger partial charge on any atom is 0.418 e. The summed E-state index contributed by atoms with van der Waals surface area (Å²) in [6, 6.07) is 13.9. The lowest BCUT2D eigenvalue weighted by Gasteiger charge is -2.24. The molecule has 2 aromatic carbocycles. The summed E-state index contributed by atoms with van der Waals surface area (Å²) in [5.41, 5.74) is 1.17. The van der Waals surface area contributed by atoms with E-state index in [2.05, 4.69) is 15.9 Å². The minimum absolute atomic E-state index is 0.191. The van der Waals surface area contributed by atoms with E-state index in [-0.39, 0.29) is 5.69 Å². The Morgan fingerprint density at radius 3 is 2.24 bits per heavy atom. The number of nitrogens with zero attached hydrogens (tertiary/aromatic N) is 1. The molecule has 5 heteroatoms. The highest BCUT2D eigenvalue weighted by atomic mass is 79.9. The molecule has 0 aromatic heterocycles. The molecule has 0 amide bonds. The fourth-order valence-corrected chi connectivity index (χ4v) is 2.52. The van der Waals surface area contributed by atoms with Crippen LogP contribution in [0.5, 0.6) is 0 Å². The first-order valence-electron chi connectivity index (χ1n) is 6.43. The normalized spacial score (nSPS) is 11.5. The van der Waals surface area contributed by atoms with E-state index < -0.39 is 11.7 Å². The van der Waals surface area contributed by atoms with Gasteiger partial charge in [0.25, 0.3) is 0 Å². The number of alkyl halides is 4. The fourth-order valence-electron chi connectivity index (χ4n) is 2.17. The van der Waals surface area contributed by atoms with Crippen LogP contribution >= 0.6 is 15.9 Å². The van der Waals surface area contributed by atoms with Crippen LogP contribution in [0.1, 0.15) is 16.7 Å². The van der Waals surface area contributed by atoms with Crippen LogP contribution in [0, 0.1) is 0 Å². The highest BCUT2D eigenvalue weighted by molar-refractivity contribution is 9.08. The number of rotatable bonds is 4. The van der Waals surface area contributed by atoms with Crippen LogP contribution in [-0.4, -0.2) is 7.05 Å². The number of anilines is 1. The second-order valence-corrected chi connectivity index (χ2v) is 5.39. The van der Waals surface area contributed by atoms with Crippen LogP contribution in [0.15, 0.2) is 48.5 Å². The Morgan fingerprint density at radius 2 is 1.67 bits per heavy atom. The monoisotopic (exact) mass is 357 g/mol. The number of hydrogen-bond acceptors (Lipinski definition) is 1. The van der Waals surface area contributed by atoms with Crippen LogP contribution < -0.4 is 4.90 Å². The molecule has 0 radical (unpaired) electrons. The zero-order valence-corrected chi connectivity index (χ0v) is 13.1. The summed E-state index contributed by atoms with van der Waals surface area (Å²) in [4.78, 5) is 1.62. The van der Waals surface area contributed by atoms with Gasteiger partial charge in [0.05, 0.1) is 5.56 Å². The van der Waals surface area contributed by atoms with Gasteiger partial charge in [-0.15, -0.1) is 0 Å². The molecule has 0 atom stereocenters. The molecule has 0 saturated heterocycles. The summed E-state index contributed by atoms with van der Waals surface area (Å²) in [7, 11) is 1.67. The van der Waals surface area contributed by atoms with Gasteiger partial charge < -0.3 is 4.90 Å². The lowest BCUT2D eigenvalue weighted by Crippen LogP contribution is -2.21. The molecule has 0 saturated carbocycles. The molecule has 112 valence electrons. The van der Waals surface area contributed by atoms with Gasteiger partial charge in [0.1, 0.15) is 0 Å². The Hall–Kier alpha value is -1.49. The number of benzene rings is 2. The summed E-state index contributed by atoms with van der Waals surface area (Å²) >= 11 is 3.19. The van der Waals surface area contributed by atoms with Crippen LogP contribution in [0.2, 0.25) is 0 Å². The summed E-state index contributed by atoms with van der Waals surface area (Å²) in [5, 5.41) is 0.402. The van der Waals surface area contributed by atoms with Crippen LogP contribution in [0.25, 0.3) is 0 Å². The molecular formula is C16H15BrF3N. The quantitative estimate of drug-likeness (QED) is 0.676. The molecule has 2 rings (SSSR count). The van der Waals surface area contributed by atoms with Crippen molar-refractivity contribution in [3.63, 3.8) is 0 Å². The third-order valence-corrected chi connectivity index (χ3v) is 3.84. The molecular weight excluding hydrogens is 343 g/mol. The van der Waals surface area contributed by atoms with Gasteiger partial charge in [-0.1, -0.05) is 52.3 Å². The first kappa shape index (κ1) is 15.9. The first-order valence-corrected chi connectivity index (χ1v) is 7.55. The Kier molecular flexibility index (Phi) is 4.93. The molecule has 1 nitrogen and oxygen atoms in total. The maximum atomic E-state index is 13.2. The highest BCUT2D eigenvalue weighted by Gasteiger charge is 2.34. The van der Waals surface area contributed by atoms with E-state index in [9.17, 15) is 13.2 Å². The average molecular weight is 358 g/mol. The van der Waals surface area contributed by atoms with Gasteiger partial charge in [-0.2, -0.15) is 13.2 Å². The predicted octanol–water partition coefficient (Wildman–Crippen LogP) is 5.24. The zero-order valence-electron chi connectivity index (χ0n) is 11.5. The van der Waals surface area contributed by atoms with Gasteiger partial charge in [0, 0.05) is 24.6 Å². The van der Waals surface area contributed by atoms with Crippen LogP contribution in [0.4, 0.5) is 18.9 Å². The summed E-state index contributed by atoms with van der Waals surface area (Å²) in [5.74, 6) is 0. The standard InChI is InChI=1S/C16H15BrF3N/c1-21(11-12-5-3-2-4-6-12)15-8-7-13(10-17)9-14(15)16(18,19)20/h2-9H,10-11H2,1H3. The second kappa shape index (κ2) is 6.52. The lowest BCUT2D eigenvalue weighted by atomic mass is 10.1. The van der Waals surface area contributed by atoms with Crippen molar-refractivity contribution in [2.24, 2.45) is 0 Å². The van der Waals surface area contributed by atoms with E-state index >= 15 is 0 Å². The molecule has 0 aliphatic heterocycles. The van der Waals surface area contributed by atoms with E-state index in [1.54, 1.807) is 18.0 Å². The molecule has 0 fully saturated rings. The minimum Gasteiger partial charge on any atom is -0.370 e. The third kappa shape index (κ3) is 4.00. The fraction of sp³-hybridized carbons (Fsp3) is 0.250. The van der Waals surface area contributed by atoms with Crippen molar-refractivity contribution in [2.45, 2.75) is 18.1 Å². The smallest absolute Gasteiger partial charge is 0.370 e. The van der Waals surface area contributed by atoms with E-state index in [1.165, 1.54) is 12.1 Å². The maximum absolute atomic E-state index is 13.2. The molecule has 0 aliphatic carbocycles. The van der Waals surface area contributed by atoms with Gasteiger partial charge in [-0.3, -0.25) is 0 Å². The first-order chi connectivity index (χ1) is 9.91. The van der Waals surface area contributed by atoms with E-state index in [4.69, 9.17) is 0 Å². The SMILES string of the molecule is CN(Cc1ccccc1)c1ccc(CBr)cc1C(F)(F)F. The minimum atomic E-state index is -4.36. The third-order valence-electron chi connectivity index (χ3n) is 3.19. The summed E-state index contributed by atoms with van der Waals surface area (Å²) in [6.07, 6.45) is -4.36. The summed E-state index contributed by atoms with van der Waals surface area (Å²) in [6.45, 7) is 0.428. The molecule has 0 aliphatic rings. The van der Waals surface area contributed by atoms with Crippen molar-refractivity contribution >= 4 is 21.6 Å². The lowest BCUT2D eigenvalue weighted by molar-refractivity contribution is -0.137. The Bertz CT molecular complexity index is 596. The molecule has 0 heterocycles.